The zero-order valence-corrected chi connectivity index (χ0v) is 18.5. The van der Waals surface area contributed by atoms with Gasteiger partial charge in [0.15, 0.2) is 0 Å². The van der Waals surface area contributed by atoms with E-state index in [2.05, 4.69) is 41.0 Å². The van der Waals surface area contributed by atoms with E-state index in [9.17, 15) is 0 Å². The van der Waals surface area contributed by atoms with E-state index < -0.39 is 0 Å². The molecule has 1 aromatic heterocycles. The number of hydrogen-bond donors (Lipinski definition) is 2. The molecule has 2 aromatic carbocycles. The highest BCUT2D eigenvalue weighted by Crippen LogP contribution is 2.30. The molecule has 31 heavy (non-hydrogen) atoms. The van der Waals surface area contributed by atoms with E-state index >= 15 is 0 Å². The van der Waals surface area contributed by atoms with Crippen molar-refractivity contribution in [1.29, 1.82) is 0 Å². The molecule has 2 heterocycles. The van der Waals surface area contributed by atoms with Gasteiger partial charge in [-0.2, -0.15) is 0 Å². The van der Waals surface area contributed by atoms with Crippen LogP contribution in [0.5, 0.6) is 11.5 Å². The number of anilines is 1. The first kappa shape index (κ1) is 21.3. The van der Waals surface area contributed by atoms with Crippen molar-refractivity contribution < 1.29 is 4.74 Å². The van der Waals surface area contributed by atoms with Gasteiger partial charge in [-0.25, -0.2) is 9.97 Å². The van der Waals surface area contributed by atoms with Crippen LogP contribution in [-0.2, 0) is 6.54 Å². The van der Waals surface area contributed by atoms with E-state index in [0.29, 0.717) is 18.4 Å². The molecule has 6 nitrogen and oxygen atoms in total. The zero-order valence-electron chi connectivity index (χ0n) is 18.5. The number of ether oxygens (including phenoxy) is 1. The van der Waals surface area contributed by atoms with Crippen LogP contribution in [0.3, 0.4) is 0 Å². The summed E-state index contributed by atoms with van der Waals surface area (Å²) in [4.78, 5) is 11.3. The van der Waals surface area contributed by atoms with Crippen molar-refractivity contribution in [3.8, 4) is 22.6 Å². The Kier molecular flexibility index (Phi) is 6.20. The lowest BCUT2D eigenvalue weighted by Gasteiger charge is -2.31. The van der Waals surface area contributed by atoms with Gasteiger partial charge in [0, 0.05) is 36.8 Å². The molecule has 0 aliphatic carbocycles. The number of likely N-dealkylation sites (tertiary alicyclic amines) is 1. The Balaban J connectivity index is 1.47. The zero-order chi connectivity index (χ0) is 21.8. The van der Waals surface area contributed by atoms with E-state index in [4.69, 9.17) is 10.5 Å². The van der Waals surface area contributed by atoms with Gasteiger partial charge in [-0.15, -0.1) is 0 Å². The van der Waals surface area contributed by atoms with Gasteiger partial charge in [-0.3, -0.25) is 4.90 Å². The molecule has 3 aromatic rings. The second-order valence-electron chi connectivity index (χ2n) is 9.00. The Bertz CT molecular complexity index is 999. The van der Waals surface area contributed by atoms with Gasteiger partial charge < -0.3 is 15.8 Å². The van der Waals surface area contributed by atoms with Crippen LogP contribution in [0.25, 0.3) is 11.1 Å². The van der Waals surface area contributed by atoms with Crippen molar-refractivity contribution in [3.05, 3.63) is 66.6 Å². The van der Waals surface area contributed by atoms with Crippen molar-refractivity contribution in [2.24, 2.45) is 0 Å². The van der Waals surface area contributed by atoms with Crippen LogP contribution < -0.4 is 15.8 Å². The van der Waals surface area contributed by atoms with Gasteiger partial charge in [0.25, 0.3) is 0 Å². The number of nitrogens with two attached hydrogens (primary N) is 1. The van der Waals surface area contributed by atoms with Crippen LogP contribution in [-0.4, -0.2) is 39.5 Å². The fourth-order valence-electron chi connectivity index (χ4n) is 3.98. The molecule has 0 spiro atoms. The average molecular weight is 418 g/mol. The lowest BCUT2D eigenvalue weighted by molar-refractivity contribution is 0.170. The third kappa shape index (κ3) is 5.21. The highest BCUT2D eigenvalue weighted by atomic mass is 16.5. The fourth-order valence-corrected chi connectivity index (χ4v) is 3.98. The maximum absolute atomic E-state index is 6.26. The maximum atomic E-state index is 6.26. The molecule has 6 heteroatoms. The minimum absolute atomic E-state index is 0.199. The van der Waals surface area contributed by atoms with Gasteiger partial charge >= 0.3 is 0 Å². The van der Waals surface area contributed by atoms with Crippen molar-refractivity contribution in [1.82, 2.24) is 20.2 Å². The standard InChI is InChI=1S/C25H31N5O/c1-25(2,3)30-14-13-19(16-30)27-15-22-23(24(26)29-17-28-22)18-9-11-21(12-10-18)31-20-7-5-4-6-8-20/h4-12,17,19,27H,13-16H2,1-3H3,(H2,26,28,29)/t19-/m0/s1. The number of nitrogens with one attached hydrogen (secondary N) is 1. The summed E-state index contributed by atoms with van der Waals surface area (Å²) >= 11 is 0. The summed E-state index contributed by atoms with van der Waals surface area (Å²) in [7, 11) is 0. The molecule has 3 N–H and O–H groups in total. The van der Waals surface area contributed by atoms with Gasteiger partial charge in [-0.1, -0.05) is 30.3 Å². The predicted molar refractivity (Wildman–Crippen MR) is 125 cm³/mol. The summed E-state index contributed by atoms with van der Waals surface area (Å²) < 4.78 is 5.90. The molecular formula is C25H31N5O. The number of para-hydroxylation sites is 1. The highest BCUT2D eigenvalue weighted by molar-refractivity contribution is 5.76. The number of nitrogens with zero attached hydrogens (tertiary/aromatic N) is 3. The normalized spacial score (nSPS) is 17.1. The molecule has 0 bridgehead atoms. The third-order valence-electron chi connectivity index (χ3n) is 5.77. The molecule has 1 aliphatic rings. The van der Waals surface area contributed by atoms with E-state index in [-0.39, 0.29) is 5.54 Å². The van der Waals surface area contributed by atoms with E-state index in [1.165, 1.54) is 0 Å². The van der Waals surface area contributed by atoms with Crippen LogP contribution in [0.4, 0.5) is 5.82 Å². The molecule has 1 aliphatic heterocycles. The lowest BCUT2D eigenvalue weighted by atomic mass is 10.0. The van der Waals surface area contributed by atoms with Crippen molar-refractivity contribution in [3.63, 3.8) is 0 Å². The maximum Gasteiger partial charge on any atom is 0.135 e. The summed E-state index contributed by atoms with van der Waals surface area (Å²) in [6.07, 6.45) is 2.68. The first-order valence-electron chi connectivity index (χ1n) is 10.8. The topological polar surface area (TPSA) is 76.3 Å². The van der Waals surface area contributed by atoms with E-state index in [1.807, 2.05) is 54.6 Å². The van der Waals surface area contributed by atoms with Crippen LogP contribution in [0.15, 0.2) is 60.9 Å². The highest BCUT2D eigenvalue weighted by Gasteiger charge is 2.30. The van der Waals surface area contributed by atoms with Crippen molar-refractivity contribution in [2.75, 3.05) is 18.8 Å². The number of rotatable bonds is 6. The summed E-state index contributed by atoms with van der Waals surface area (Å²) in [5, 5.41) is 3.67. The number of nitrogen functional groups attached to an aromatic ring is 1. The van der Waals surface area contributed by atoms with Crippen molar-refractivity contribution in [2.45, 2.75) is 45.3 Å². The van der Waals surface area contributed by atoms with E-state index in [1.54, 1.807) is 6.33 Å². The molecule has 0 radical (unpaired) electrons. The number of hydrogen-bond acceptors (Lipinski definition) is 6. The van der Waals surface area contributed by atoms with Gasteiger partial charge in [0.1, 0.15) is 23.6 Å². The molecule has 1 saturated heterocycles. The van der Waals surface area contributed by atoms with Crippen molar-refractivity contribution >= 4 is 5.82 Å². The monoisotopic (exact) mass is 417 g/mol. The molecule has 1 atom stereocenters. The Labute approximate surface area is 184 Å². The van der Waals surface area contributed by atoms with Crippen LogP contribution >= 0.6 is 0 Å². The van der Waals surface area contributed by atoms with Gasteiger partial charge in [0.05, 0.1) is 5.69 Å². The van der Waals surface area contributed by atoms with E-state index in [0.717, 1.165) is 47.8 Å². The Morgan fingerprint density at radius 2 is 1.74 bits per heavy atom. The van der Waals surface area contributed by atoms with Crippen LogP contribution in [0.2, 0.25) is 0 Å². The predicted octanol–water partition coefficient (Wildman–Crippen LogP) is 4.48. The Hall–Kier alpha value is -2.96. The summed E-state index contributed by atoms with van der Waals surface area (Å²) in [5.41, 5.74) is 9.24. The second-order valence-corrected chi connectivity index (χ2v) is 9.00. The SMILES string of the molecule is CC(C)(C)N1CC[C@H](NCc2ncnc(N)c2-c2ccc(Oc3ccccc3)cc2)C1. The largest absolute Gasteiger partial charge is 0.457 e. The fraction of sp³-hybridized carbons (Fsp3) is 0.360. The average Bonchev–Trinajstić information content (AvgIpc) is 3.24. The Morgan fingerprint density at radius 1 is 1.03 bits per heavy atom. The second kappa shape index (κ2) is 9.04. The molecule has 0 amide bonds. The summed E-state index contributed by atoms with van der Waals surface area (Å²) in [5.74, 6) is 2.08. The quantitative estimate of drug-likeness (QED) is 0.616. The van der Waals surface area contributed by atoms with Crippen LogP contribution in [0, 0.1) is 0 Å². The van der Waals surface area contributed by atoms with Gasteiger partial charge in [-0.05, 0) is 57.0 Å². The number of aromatic nitrogens is 2. The minimum atomic E-state index is 0.199. The minimum Gasteiger partial charge on any atom is -0.457 e. The molecular weight excluding hydrogens is 386 g/mol. The summed E-state index contributed by atoms with van der Waals surface area (Å²) in [6, 6.07) is 18.1. The third-order valence-corrected chi connectivity index (χ3v) is 5.77. The number of benzene rings is 2. The lowest BCUT2D eigenvalue weighted by Crippen LogP contribution is -2.42. The summed E-state index contributed by atoms with van der Waals surface area (Å²) in [6.45, 7) is 9.62. The Morgan fingerprint density at radius 3 is 2.42 bits per heavy atom. The molecule has 4 rings (SSSR count). The van der Waals surface area contributed by atoms with Crippen LogP contribution in [0.1, 0.15) is 32.9 Å². The molecule has 0 saturated carbocycles. The molecule has 1 fully saturated rings. The molecule has 0 unspecified atom stereocenters. The molecule has 162 valence electrons. The first-order valence-corrected chi connectivity index (χ1v) is 10.8. The van der Waals surface area contributed by atoms with Gasteiger partial charge in [0.2, 0.25) is 0 Å². The first-order chi connectivity index (χ1) is 14.9. The smallest absolute Gasteiger partial charge is 0.135 e.